The zero-order valence-corrected chi connectivity index (χ0v) is 12.1. The molecule has 0 atom stereocenters. The number of benzene rings is 2. The normalized spacial score (nSPS) is 10.8. The summed E-state index contributed by atoms with van der Waals surface area (Å²) in [7, 11) is 0. The molecule has 3 N–H and O–H groups in total. The van der Waals surface area contributed by atoms with Crippen LogP contribution in [-0.2, 0) is 0 Å². The first kappa shape index (κ1) is 13.8. The topological polar surface area (TPSA) is 68.0 Å². The summed E-state index contributed by atoms with van der Waals surface area (Å²) in [6.45, 7) is 0. The number of nitrogens with one attached hydrogen (secondary N) is 1. The fourth-order valence-corrected chi connectivity index (χ4v) is 2.83. The number of anilines is 2. The fourth-order valence-electron chi connectivity index (χ4n) is 1.88. The van der Waals surface area contributed by atoms with Crippen LogP contribution in [-0.4, -0.2) is 10.9 Å². The van der Waals surface area contributed by atoms with Crippen molar-refractivity contribution in [2.24, 2.45) is 0 Å². The molecule has 0 aliphatic heterocycles. The predicted octanol–water partition coefficient (Wildman–Crippen LogP) is 3.92. The Bertz CT molecular complexity index is 849. The number of hydrogen-bond acceptors (Lipinski definition) is 4. The number of fused-ring (bicyclic) bond motifs is 1. The van der Waals surface area contributed by atoms with Crippen molar-refractivity contribution in [3.63, 3.8) is 0 Å². The van der Waals surface area contributed by atoms with Crippen molar-refractivity contribution in [3.05, 3.63) is 52.8 Å². The van der Waals surface area contributed by atoms with E-state index >= 15 is 0 Å². The van der Waals surface area contributed by atoms with Crippen molar-refractivity contribution in [1.29, 1.82) is 0 Å². The van der Waals surface area contributed by atoms with Gasteiger partial charge in [-0.05, 0) is 30.3 Å². The Morgan fingerprint density at radius 1 is 1.33 bits per heavy atom. The molecule has 0 saturated heterocycles. The number of rotatable bonds is 2. The van der Waals surface area contributed by atoms with Crippen molar-refractivity contribution in [3.8, 4) is 0 Å². The van der Waals surface area contributed by atoms with Gasteiger partial charge in [0.05, 0.1) is 20.9 Å². The third kappa shape index (κ3) is 2.68. The van der Waals surface area contributed by atoms with Gasteiger partial charge in [0.1, 0.15) is 0 Å². The van der Waals surface area contributed by atoms with E-state index in [1.54, 1.807) is 24.3 Å². The van der Waals surface area contributed by atoms with Crippen LogP contribution in [0.2, 0.25) is 5.02 Å². The molecule has 0 spiro atoms. The highest BCUT2D eigenvalue weighted by atomic mass is 35.5. The monoisotopic (exact) mass is 321 g/mol. The van der Waals surface area contributed by atoms with Crippen LogP contribution >= 0.6 is 22.9 Å². The minimum Gasteiger partial charge on any atom is -0.375 e. The molecule has 0 fully saturated rings. The average Bonchev–Trinajstić information content (AvgIpc) is 2.82. The number of hydrogen-bond donors (Lipinski definition) is 2. The van der Waals surface area contributed by atoms with Gasteiger partial charge >= 0.3 is 0 Å². The van der Waals surface area contributed by atoms with E-state index in [-0.39, 0.29) is 10.7 Å². The van der Waals surface area contributed by atoms with Crippen molar-refractivity contribution in [2.45, 2.75) is 0 Å². The number of nitrogen functional groups attached to an aromatic ring is 1. The van der Waals surface area contributed by atoms with Crippen molar-refractivity contribution in [1.82, 2.24) is 4.98 Å². The Hall–Kier alpha value is -2.18. The number of halogens is 2. The number of amides is 1. The van der Waals surface area contributed by atoms with Crippen LogP contribution in [0.15, 0.2) is 36.4 Å². The quantitative estimate of drug-likeness (QED) is 0.751. The van der Waals surface area contributed by atoms with Gasteiger partial charge in [0.15, 0.2) is 10.9 Å². The van der Waals surface area contributed by atoms with Gasteiger partial charge in [-0.2, -0.15) is 0 Å². The Morgan fingerprint density at radius 2 is 2.14 bits per heavy atom. The Kier molecular flexibility index (Phi) is 3.48. The SMILES string of the molecule is Nc1nc2ccc(C(=O)Nc3cccc(Cl)c3F)cc2s1. The van der Waals surface area contributed by atoms with Crippen LogP contribution in [0.25, 0.3) is 10.2 Å². The molecule has 0 saturated carbocycles. The molecule has 0 aliphatic carbocycles. The van der Waals surface area contributed by atoms with Gasteiger partial charge in [-0.25, -0.2) is 9.37 Å². The molecule has 1 amide bonds. The van der Waals surface area contributed by atoms with Crippen molar-refractivity contribution >= 4 is 49.9 Å². The van der Waals surface area contributed by atoms with Crippen LogP contribution in [0, 0.1) is 5.82 Å². The van der Waals surface area contributed by atoms with E-state index in [4.69, 9.17) is 17.3 Å². The summed E-state index contributed by atoms with van der Waals surface area (Å²) in [5.74, 6) is -1.08. The fraction of sp³-hybridized carbons (Fsp3) is 0. The van der Waals surface area contributed by atoms with Gasteiger partial charge in [0.2, 0.25) is 0 Å². The lowest BCUT2D eigenvalue weighted by atomic mass is 10.2. The summed E-state index contributed by atoms with van der Waals surface area (Å²) in [4.78, 5) is 16.3. The Morgan fingerprint density at radius 3 is 2.95 bits per heavy atom. The molecule has 2 aromatic carbocycles. The second-order valence-corrected chi connectivity index (χ2v) is 5.76. The van der Waals surface area contributed by atoms with Crippen molar-refractivity contribution < 1.29 is 9.18 Å². The summed E-state index contributed by atoms with van der Waals surface area (Å²) in [5, 5.41) is 2.88. The number of thiazole rings is 1. The molecule has 21 heavy (non-hydrogen) atoms. The molecule has 3 aromatic rings. The maximum Gasteiger partial charge on any atom is 0.255 e. The summed E-state index contributed by atoms with van der Waals surface area (Å²) in [6.07, 6.45) is 0. The van der Waals surface area contributed by atoms with Gasteiger partial charge in [-0.15, -0.1) is 0 Å². The molecule has 0 unspecified atom stereocenters. The van der Waals surface area contributed by atoms with E-state index in [1.165, 1.54) is 23.5 Å². The summed E-state index contributed by atoms with van der Waals surface area (Å²) >= 11 is 6.96. The molecule has 4 nitrogen and oxygen atoms in total. The van der Waals surface area contributed by atoms with E-state index in [1.807, 2.05) is 0 Å². The third-order valence-electron chi connectivity index (χ3n) is 2.87. The van der Waals surface area contributed by atoms with Gasteiger partial charge in [-0.3, -0.25) is 4.79 Å². The van der Waals surface area contributed by atoms with Crippen LogP contribution in [0.4, 0.5) is 15.2 Å². The van der Waals surface area contributed by atoms with E-state index in [0.717, 1.165) is 10.2 Å². The van der Waals surface area contributed by atoms with Crippen LogP contribution in [0.3, 0.4) is 0 Å². The van der Waals surface area contributed by atoms with Gasteiger partial charge in [-0.1, -0.05) is 29.0 Å². The van der Waals surface area contributed by atoms with E-state index in [0.29, 0.717) is 10.7 Å². The molecule has 7 heteroatoms. The third-order valence-corrected chi connectivity index (χ3v) is 4.01. The van der Waals surface area contributed by atoms with E-state index in [2.05, 4.69) is 10.3 Å². The van der Waals surface area contributed by atoms with Gasteiger partial charge in [0, 0.05) is 5.56 Å². The predicted molar refractivity (Wildman–Crippen MR) is 83.4 cm³/mol. The maximum absolute atomic E-state index is 13.8. The Labute approximate surface area is 128 Å². The lowest BCUT2D eigenvalue weighted by molar-refractivity contribution is 0.102. The molecule has 3 rings (SSSR count). The summed E-state index contributed by atoms with van der Waals surface area (Å²) < 4.78 is 14.6. The molecular weight excluding hydrogens is 313 g/mol. The summed E-state index contributed by atoms with van der Waals surface area (Å²) in [6, 6.07) is 9.40. The molecule has 1 aromatic heterocycles. The van der Waals surface area contributed by atoms with E-state index < -0.39 is 11.7 Å². The molecule has 1 heterocycles. The highest BCUT2D eigenvalue weighted by Gasteiger charge is 2.12. The molecular formula is C14H9ClFN3OS. The first-order valence-corrected chi connectivity index (χ1v) is 7.15. The molecule has 0 radical (unpaired) electrons. The van der Waals surface area contributed by atoms with Gasteiger partial charge in [0.25, 0.3) is 5.91 Å². The second kappa shape index (κ2) is 5.31. The highest BCUT2D eigenvalue weighted by Crippen LogP contribution is 2.26. The standard InChI is InChI=1S/C14H9ClFN3OS/c15-8-2-1-3-10(12(8)16)18-13(20)7-4-5-9-11(6-7)21-14(17)19-9/h1-6H,(H2,17,19)(H,18,20). The molecule has 0 bridgehead atoms. The van der Waals surface area contributed by atoms with Crippen LogP contribution < -0.4 is 11.1 Å². The van der Waals surface area contributed by atoms with Gasteiger partial charge < -0.3 is 11.1 Å². The number of nitrogens with two attached hydrogens (primary N) is 1. The maximum atomic E-state index is 13.8. The number of carbonyl (C=O) groups excluding carboxylic acids is 1. The lowest BCUT2D eigenvalue weighted by Gasteiger charge is -2.07. The molecule has 0 aliphatic rings. The zero-order chi connectivity index (χ0) is 15.0. The second-order valence-electron chi connectivity index (χ2n) is 4.29. The Balaban J connectivity index is 1.91. The van der Waals surface area contributed by atoms with E-state index in [9.17, 15) is 9.18 Å². The molecule has 106 valence electrons. The smallest absolute Gasteiger partial charge is 0.255 e. The minimum absolute atomic E-state index is 0.0383. The number of aromatic nitrogens is 1. The number of carbonyl (C=O) groups is 1. The van der Waals surface area contributed by atoms with Crippen LogP contribution in [0.5, 0.6) is 0 Å². The zero-order valence-electron chi connectivity index (χ0n) is 10.6. The highest BCUT2D eigenvalue weighted by molar-refractivity contribution is 7.22. The first-order valence-electron chi connectivity index (χ1n) is 5.96. The first-order chi connectivity index (χ1) is 10.0. The number of nitrogens with zero attached hydrogens (tertiary/aromatic N) is 1. The average molecular weight is 322 g/mol. The lowest BCUT2D eigenvalue weighted by Crippen LogP contribution is -2.12. The minimum atomic E-state index is -0.657. The largest absolute Gasteiger partial charge is 0.375 e. The van der Waals surface area contributed by atoms with Crippen LogP contribution in [0.1, 0.15) is 10.4 Å². The van der Waals surface area contributed by atoms with Crippen molar-refractivity contribution in [2.75, 3.05) is 11.1 Å². The summed E-state index contributed by atoms with van der Waals surface area (Å²) in [5.41, 5.74) is 6.78.